The highest BCUT2D eigenvalue weighted by Crippen LogP contribution is 2.27. The molecule has 1 aromatic carbocycles. The average molecular weight is 237 g/mol. The van der Waals surface area contributed by atoms with E-state index in [9.17, 15) is 14.9 Å². The third-order valence-electron chi connectivity index (χ3n) is 2.38. The Balaban J connectivity index is 2.76. The first-order chi connectivity index (χ1) is 8.06. The van der Waals surface area contributed by atoms with E-state index in [0.717, 1.165) is 5.56 Å². The molecule has 1 rings (SSSR count). The Bertz CT molecular complexity index is 432. The quantitative estimate of drug-likeness (QED) is 0.599. The first kappa shape index (κ1) is 13.0. The van der Waals surface area contributed by atoms with Crippen LogP contribution in [0.15, 0.2) is 18.2 Å². The van der Waals surface area contributed by atoms with E-state index < -0.39 is 4.92 Å². The van der Waals surface area contributed by atoms with Gasteiger partial charge < -0.3 is 10.6 Å². The molecule has 0 aromatic heterocycles. The van der Waals surface area contributed by atoms with Crippen molar-refractivity contribution in [2.45, 2.75) is 13.3 Å². The molecular formula is C11H15N3O3. The summed E-state index contributed by atoms with van der Waals surface area (Å²) >= 11 is 0. The summed E-state index contributed by atoms with van der Waals surface area (Å²) in [7, 11) is 1.55. The summed E-state index contributed by atoms with van der Waals surface area (Å²) < 4.78 is 0. The number of aryl methyl sites for hydroxylation is 1. The second-order valence-electron chi connectivity index (χ2n) is 3.58. The molecule has 0 spiro atoms. The van der Waals surface area contributed by atoms with Gasteiger partial charge >= 0.3 is 0 Å². The summed E-state index contributed by atoms with van der Waals surface area (Å²) in [6.07, 6.45) is 0.280. The Morgan fingerprint density at radius 3 is 2.76 bits per heavy atom. The lowest BCUT2D eigenvalue weighted by atomic mass is 10.1. The summed E-state index contributed by atoms with van der Waals surface area (Å²) in [4.78, 5) is 21.4. The van der Waals surface area contributed by atoms with Gasteiger partial charge in [-0.25, -0.2) is 0 Å². The van der Waals surface area contributed by atoms with Gasteiger partial charge in [-0.05, 0) is 12.5 Å². The molecule has 0 aliphatic heterocycles. The number of anilines is 1. The number of amides is 1. The number of hydrogen-bond acceptors (Lipinski definition) is 4. The summed E-state index contributed by atoms with van der Waals surface area (Å²) in [5.74, 6) is -0.103. The van der Waals surface area contributed by atoms with Crippen molar-refractivity contribution in [1.29, 1.82) is 0 Å². The standard InChI is InChI=1S/C11H15N3O3/c1-8-4-3-5-9(14(16)17)11(8)13-7-6-10(15)12-2/h3-5,13H,6-7H2,1-2H3,(H,12,15). The normalized spacial score (nSPS) is 9.76. The minimum absolute atomic E-state index is 0.0295. The molecular weight excluding hydrogens is 222 g/mol. The predicted molar refractivity (Wildman–Crippen MR) is 65.0 cm³/mol. The van der Waals surface area contributed by atoms with Crippen LogP contribution in [-0.2, 0) is 4.79 Å². The third-order valence-corrected chi connectivity index (χ3v) is 2.38. The average Bonchev–Trinajstić information content (AvgIpc) is 2.30. The number of nitrogens with one attached hydrogen (secondary N) is 2. The summed E-state index contributed by atoms with van der Waals surface area (Å²) in [5.41, 5.74) is 1.29. The van der Waals surface area contributed by atoms with Gasteiger partial charge in [0.05, 0.1) is 4.92 Å². The maximum Gasteiger partial charge on any atom is 0.292 e. The molecule has 0 unspecified atom stereocenters. The Labute approximate surface area is 99.2 Å². The molecule has 0 fully saturated rings. The van der Waals surface area contributed by atoms with Gasteiger partial charge in [-0.1, -0.05) is 12.1 Å². The maximum atomic E-state index is 11.0. The largest absolute Gasteiger partial charge is 0.379 e. The second-order valence-corrected chi connectivity index (χ2v) is 3.58. The number of nitro benzene ring substituents is 1. The Morgan fingerprint density at radius 2 is 2.18 bits per heavy atom. The van der Waals surface area contributed by atoms with Crippen LogP contribution in [0.2, 0.25) is 0 Å². The zero-order chi connectivity index (χ0) is 12.8. The molecule has 6 nitrogen and oxygen atoms in total. The van der Waals surface area contributed by atoms with Gasteiger partial charge in [0.1, 0.15) is 5.69 Å². The number of benzene rings is 1. The van der Waals surface area contributed by atoms with E-state index in [0.29, 0.717) is 12.2 Å². The minimum atomic E-state index is -0.435. The van der Waals surface area contributed by atoms with Crippen molar-refractivity contribution in [3.05, 3.63) is 33.9 Å². The smallest absolute Gasteiger partial charge is 0.292 e. The highest BCUT2D eigenvalue weighted by atomic mass is 16.6. The zero-order valence-electron chi connectivity index (χ0n) is 9.82. The van der Waals surface area contributed by atoms with Crippen molar-refractivity contribution < 1.29 is 9.72 Å². The zero-order valence-corrected chi connectivity index (χ0v) is 9.82. The van der Waals surface area contributed by atoms with Crippen LogP contribution in [0, 0.1) is 17.0 Å². The molecule has 1 amide bonds. The van der Waals surface area contributed by atoms with Crippen molar-refractivity contribution in [2.75, 3.05) is 18.9 Å². The van der Waals surface area contributed by atoms with Crippen LogP contribution >= 0.6 is 0 Å². The van der Waals surface area contributed by atoms with E-state index in [2.05, 4.69) is 10.6 Å². The molecule has 0 aliphatic carbocycles. The fourth-order valence-corrected chi connectivity index (χ4v) is 1.46. The molecule has 2 N–H and O–H groups in total. The Kier molecular flexibility index (Phi) is 4.45. The monoisotopic (exact) mass is 237 g/mol. The van der Waals surface area contributed by atoms with Gasteiger partial charge in [0.25, 0.3) is 5.69 Å². The highest BCUT2D eigenvalue weighted by molar-refractivity contribution is 5.76. The fourth-order valence-electron chi connectivity index (χ4n) is 1.46. The molecule has 0 aliphatic rings. The molecule has 0 radical (unpaired) electrons. The molecule has 0 heterocycles. The number of nitro groups is 1. The second kappa shape index (κ2) is 5.83. The van der Waals surface area contributed by atoms with Gasteiger partial charge in [0, 0.05) is 26.1 Å². The van der Waals surface area contributed by atoms with Crippen LogP contribution in [0.25, 0.3) is 0 Å². The van der Waals surface area contributed by atoms with E-state index in [1.165, 1.54) is 6.07 Å². The maximum absolute atomic E-state index is 11.0. The molecule has 1 aromatic rings. The predicted octanol–water partition coefficient (Wildman–Crippen LogP) is 1.45. The summed E-state index contributed by atoms with van der Waals surface area (Å²) in [6.45, 7) is 2.15. The van der Waals surface area contributed by atoms with E-state index >= 15 is 0 Å². The number of para-hydroxylation sites is 1. The van der Waals surface area contributed by atoms with Crippen LogP contribution in [0.1, 0.15) is 12.0 Å². The topological polar surface area (TPSA) is 84.3 Å². The van der Waals surface area contributed by atoms with Gasteiger partial charge in [-0.15, -0.1) is 0 Å². The fraction of sp³-hybridized carbons (Fsp3) is 0.364. The minimum Gasteiger partial charge on any atom is -0.379 e. The summed E-state index contributed by atoms with van der Waals surface area (Å²) in [6, 6.07) is 4.86. The molecule has 17 heavy (non-hydrogen) atoms. The van der Waals surface area contributed by atoms with E-state index in [4.69, 9.17) is 0 Å². The van der Waals surface area contributed by atoms with Crippen molar-refractivity contribution in [1.82, 2.24) is 5.32 Å². The molecule has 6 heteroatoms. The first-order valence-electron chi connectivity index (χ1n) is 5.24. The van der Waals surface area contributed by atoms with Crippen LogP contribution in [-0.4, -0.2) is 24.4 Å². The van der Waals surface area contributed by atoms with Gasteiger partial charge in [0.15, 0.2) is 0 Å². The van der Waals surface area contributed by atoms with Crippen molar-refractivity contribution in [2.24, 2.45) is 0 Å². The SMILES string of the molecule is CNC(=O)CCNc1c(C)cccc1[N+](=O)[O-]. The van der Waals surface area contributed by atoms with Gasteiger partial charge in [-0.3, -0.25) is 14.9 Å². The molecule has 92 valence electrons. The lowest BCUT2D eigenvalue weighted by Gasteiger charge is -2.09. The Morgan fingerprint density at radius 1 is 1.47 bits per heavy atom. The van der Waals surface area contributed by atoms with Crippen molar-refractivity contribution >= 4 is 17.3 Å². The van der Waals surface area contributed by atoms with E-state index in [-0.39, 0.29) is 18.0 Å². The van der Waals surface area contributed by atoms with Crippen LogP contribution in [0.4, 0.5) is 11.4 Å². The number of carbonyl (C=O) groups is 1. The number of rotatable bonds is 5. The van der Waals surface area contributed by atoms with Crippen LogP contribution in [0.3, 0.4) is 0 Å². The number of carbonyl (C=O) groups excluding carboxylic acids is 1. The van der Waals surface area contributed by atoms with Crippen LogP contribution in [0.5, 0.6) is 0 Å². The van der Waals surface area contributed by atoms with Crippen molar-refractivity contribution in [3.63, 3.8) is 0 Å². The highest BCUT2D eigenvalue weighted by Gasteiger charge is 2.14. The Hall–Kier alpha value is -2.11. The lowest BCUT2D eigenvalue weighted by molar-refractivity contribution is -0.384. The van der Waals surface area contributed by atoms with E-state index in [1.807, 2.05) is 0 Å². The first-order valence-corrected chi connectivity index (χ1v) is 5.24. The number of nitrogens with zero attached hydrogens (tertiary/aromatic N) is 1. The molecule has 0 bridgehead atoms. The molecule has 0 atom stereocenters. The van der Waals surface area contributed by atoms with Gasteiger partial charge in [-0.2, -0.15) is 0 Å². The van der Waals surface area contributed by atoms with Crippen molar-refractivity contribution in [3.8, 4) is 0 Å². The third kappa shape index (κ3) is 3.44. The van der Waals surface area contributed by atoms with E-state index in [1.54, 1.807) is 26.1 Å². The van der Waals surface area contributed by atoms with Gasteiger partial charge in [0.2, 0.25) is 5.91 Å². The lowest BCUT2D eigenvalue weighted by Crippen LogP contribution is -2.21. The van der Waals surface area contributed by atoms with Crippen LogP contribution < -0.4 is 10.6 Å². The molecule has 0 saturated carbocycles. The molecule has 0 saturated heterocycles. The summed E-state index contributed by atoms with van der Waals surface area (Å²) in [5, 5.41) is 16.2. The number of hydrogen-bond donors (Lipinski definition) is 2.